The van der Waals surface area contributed by atoms with Crippen LogP contribution in [0.3, 0.4) is 0 Å². The highest BCUT2D eigenvalue weighted by Crippen LogP contribution is 2.30. The van der Waals surface area contributed by atoms with Gasteiger partial charge < -0.3 is 14.8 Å². The third kappa shape index (κ3) is 2.78. The van der Waals surface area contributed by atoms with Crippen LogP contribution in [0.25, 0.3) is 22.4 Å². The Kier molecular flexibility index (Phi) is 3.67. The Morgan fingerprint density at radius 3 is 2.74 bits per heavy atom. The summed E-state index contributed by atoms with van der Waals surface area (Å²) in [6, 6.07) is 11.9. The predicted octanol–water partition coefficient (Wildman–Crippen LogP) is 3.57. The molecule has 0 radical (unpaired) electrons. The van der Waals surface area contributed by atoms with E-state index in [1.807, 2.05) is 30.3 Å². The van der Waals surface area contributed by atoms with Crippen LogP contribution in [0.4, 0.5) is 0 Å². The van der Waals surface area contributed by atoms with E-state index < -0.39 is 6.10 Å². The number of ether oxygens (including phenoxy) is 1. The summed E-state index contributed by atoms with van der Waals surface area (Å²) in [5.74, 6) is 0. The first-order chi connectivity index (χ1) is 11.2. The zero-order valence-corrected chi connectivity index (χ0v) is 13.1. The van der Waals surface area contributed by atoms with Gasteiger partial charge in [-0.15, -0.1) is 0 Å². The van der Waals surface area contributed by atoms with E-state index in [0.717, 1.165) is 30.3 Å². The molecule has 4 rings (SSSR count). The quantitative estimate of drug-likeness (QED) is 0.770. The van der Waals surface area contributed by atoms with E-state index in [1.165, 1.54) is 0 Å². The van der Waals surface area contributed by atoms with Gasteiger partial charge in [-0.3, -0.25) is 0 Å². The summed E-state index contributed by atoms with van der Waals surface area (Å²) in [4.78, 5) is 12.0. The number of aliphatic hydroxyl groups is 1. The Morgan fingerprint density at radius 2 is 2.00 bits per heavy atom. The molecule has 6 heteroatoms. The van der Waals surface area contributed by atoms with E-state index in [9.17, 15) is 5.11 Å². The minimum Gasteiger partial charge on any atom is -0.459 e. The summed E-state index contributed by atoms with van der Waals surface area (Å²) in [6.07, 6.45) is 1.93. The molecule has 1 saturated carbocycles. The summed E-state index contributed by atoms with van der Waals surface area (Å²) in [5.41, 5.74) is 2.91. The maximum Gasteiger partial charge on any atom is 0.296 e. The summed E-state index contributed by atoms with van der Waals surface area (Å²) < 4.78 is 5.76. The molecule has 0 unspecified atom stereocenters. The van der Waals surface area contributed by atoms with Gasteiger partial charge in [0, 0.05) is 5.56 Å². The fraction of sp³-hybridized carbons (Fsp3) is 0.294. The number of H-pyrrole nitrogens is 1. The number of benzene rings is 1. The van der Waals surface area contributed by atoms with Crippen molar-refractivity contribution in [2.24, 2.45) is 0 Å². The maximum absolute atomic E-state index is 9.86. The first kappa shape index (κ1) is 14.5. The lowest BCUT2D eigenvalue weighted by atomic mass is 10.1. The number of aromatic amines is 1. The maximum atomic E-state index is 9.86. The van der Waals surface area contributed by atoms with E-state index >= 15 is 0 Å². The lowest BCUT2D eigenvalue weighted by Crippen LogP contribution is -2.26. The number of imidazole rings is 1. The summed E-state index contributed by atoms with van der Waals surface area (Å²) in [7, 11) is 0. The number of aliphatic hydroxyl groups excluding tert-OH is 1. The number of hydrogen-bond donors (Lipinski definition) is 2. The minimum atomic E-state index is -0.431. The minimum absolute atomic E-state index is 0.209. The van der Waals surface area contributed by atoms with E-state index in [1.54, 1.807) is 6.07 Å². The number of aromatic nitrogens is 3. The Balaban J connectivity index is 1.69. The largest absolute Gasteiger partial charge is 0.459 e. The highest BCUT2D eigenvalue weighted by atomic mass is 35.5. The van der Waals surface area contributed by atoms with Crippen molar-refractivity contribution in [1.82, 2.24) is 15.0 Å². The van der Waals surface area contributed by atoms with Gasteiger partial charge in [-0.2, -0.15) is 4.98 Å². The summed E-state index contributed by atoms with van der Waals surface area (Å²) in [6.45, 7) is 0. The Labute approximate surface area is 138 Å². The van der Waals surface area contributed by atoms with Gasteiger partial charge in [-0.05, 0) is 25.3 Å². The lowest BCUT2D eigenvalue weighted by molar-refractivity contribution is 0.0549. The molecular weight excluding hydrogens is 314 g/mol. The Hall–Kier alpha value is -2.11. The first-order valence-electron chi connectivity index (χ1n) is 7.67. The van der Waals surface area contributed by atoms with Crippen molar-refractivity contribution in [2.75, 3.05) is 0 Å². The van der Waals surface area contributed by atoms with Crippen molar-refractivity contribution < 1.29 is 9.84 Å². The second kappa shape index (κ2) is 5.83. The molecule has 0 saturated heterocycles. The van der Waals surface area contributed by atoms with Crippen LogP contribution in [-0.2, 0) is 0 Å². The van der Waals surface area contributed by atoms with Gasteiger partial charge in [0.25, 0.3) is 6.01 Å². The molecule has 0 aliphatic heterocycles. The van der Waals surface area contributed by atoms with Crippen LogP contribution in [0.5, 0.6) is 6.01 Å². The molecule has 3 aromatic rings. The highest BCUT2D eigenvalue weighted by molar-refractivity contribution is 6.33. The van der Waals surface area contributed by atoms with Crippen LogP contribution < -0.4 is 4.74 Å². The van der Waals surface area contributed by atoms with E-state index in [4.69, 9.17) is 16.3 Å². The van der Waals surface area contributed by atoms with E-state index in [0.29, 0.717) is 22.4 Å². The third-order valence-corrected chi connectivity index (χ3v) is 4.42. The normalized spacial score (nSPS) is 21.0. The fourth-order valence-electron chi connectivity index (χ4n) is 2.94. The van der Waals surface area contributed by atoms with Crippen LogP contribution in [0, 0.1) is 0 Å². The Morgan fingerprint density at radius 1 is 1.17 bits per heavy atom. The number of halogens is 1. The first-order valence-corrected chi connectivity index (χ1v) is 8.05. The number of nitrogens with one attached hydrogen (secondary N) is 1. The van der Waals surface area contributed by atoms with Crippen molar-refractivity contribution in [3.8, 4) is 17.3 Å². The zero-order chi connectivity index (χ0) is 15.8. The van der Waals surface area contributed by atoms with Gasteiger partial charge in [0.2, 0.25) is 0 Å². The van der Waals surface area contributed by atoms with Crippen LogP contribution in [0.1, 0.15) is 19.3 Å². The van der Waals surface area contributed by atoms with E-state index in [-0.39, 0.29) is 6.10 Å². The molecule has 2 heterocycles. The average molecular weight is 330 g/mol. The molecule has 2 N–H and O–H groups in total. The molecule has 0 bridgehead atoms. The molecule has 118 valence electrons. The molecule has 0 amide bonds. The SMILES string of the molecule is O[C@H]1CCC[C@@H]1Oc1nc2nc(-c3ccccc3)c(Cl)cc2[nH]1. The third-order valence-electron chi connectivity index (χ3n) is 4.13. The molecule has 2 atom stereocenters. The van der Waals surface area contributed by atoms with Crippen LogP contribution in [0.15, 0.2) is 36.4 Å². The molecular formula is C17H16ClN3O2. The lowest BCUT2D eigenvalue weighted by Gasteiger charge is -2.14. The number of nitrogens with zero attached hydrogens (tertiary/aromatic N) is 2. The number of rotatable bonds is 3. The summed E-state index contributed by atoms with van der Waals surface area (Å²) >= 11 is 6.35. The Bertz CT molecular complexity index is 834. The predicted molar refractivity (Wildman–Crippen MR) is 88.6 cm³/mol. The van der Waals surface area contributed by atoms with Crippen molar-refractivity contribution in [1.29, 1.82) is 0 Å². The number of hydrogen-bond acceptors (Lipinski definition) is 4. The highest BCUT2D eigenvalue weighted by Gasteiger charge is 2.28. The molecule has 1 fully saturated rings. The smallest absolute Gasteiger partial charge is 0.296 e. The fourth-order valence-corrected chi connectivity index (χ4v) is 3.20. The monoisotopic (exact) mass is 329 g/mol. The molecule has 1 aliphatic carbocycles. The van der Waals surface area contributed by atoms with Crippen molar-refractivity contribution >= 4 is 22.8 Å². The van der Waals surface area contributed by atoms with Gasteiger partial charge in [0.05, 0.1) is 22.3 Å². The molecule has 0 spiro atoms. The standard InChI is InChI=1S/C17H16ClN3O2/c18-11-9-12-16(20-15(11)10-5-2-1-3-6-10)21-17(19-12)23-14-8-4-7-13(14)22/h1-3,5-6,9,13-14,22H,4,7-8H2,(H,19,20,21)/t13-,14-/m0/s1. The second-order valence-corrected chi connectivity index (χ2v) is 6.16. The van der Waals surface area contributed by atoms with Crippen molar-refractivity contribution in [3.05, 3.63) is 41.4 Å². The number of pyridine rings is 1. The van der Waals surface area contributed by atoms with Gasteiger partial charge in [-0.1, -0.05) is 41.9 Å². The van der Waals surface area contributed by atoms with Gasteiger partial charge >= 0.3 is 0 Å². The molecule has 5 nitrogen and oxygen atoms in total. The molecule has 1 aliphatic rings. The average Bonchev–Trinajstić information content (AvgIpc) is 3.13. The molecule has 1 aromatic carbocycles. The zero-order valence-electron chi connectivity index (χ0n) is 12.4. The van der Waals surface area contributed by atoms with Crippen LogP contribution >= 0.6 is 11.6 Å². The van der Waals surface area contributed by atoms with Gasteiger partial charge in [0.1, 0.15) is 6.10 Å². The van der Waals surface area contributed by atoms with Crippen LogP contribution in [-0.4, -0.2) is 32.3 Å². The summed E-state index contributed by atoms with van der Waals surface area (Å²) in [5, 5.41) is 10.4. The molecule has 23 heavy (non-hydrogen) atoms. The molecule has 2 aromatic heterocycles. The number of fused-ring (bicyclic) bond motifs is 1. The topological polar surface area (TPSA) is 71.0 Å². The van der Waals surface area contributed by atoms with Gasteiger partial charge in [-0.25, -0.2) is 4.98 Å². The van der Waals surface area contributed by atoms with E-state index in [2.05, 4.69) is 15.0 Å². The van der Waals surface area contributed by atoms with Crippen molar-refractivity contribution in [2.45, 2.75) is 31.5 Å². The second-order valence-electron chi connectivity index (χ2n) is 5.75. The van der Waals surface area contributed by atoms with Crippen LogP contribution in [0.2, 0.25) is 5.02 Å². The van der Waals surface area contributed by atoms with Gasteiger partial charge in [0.15, 0.2) is 5.65 Å². The van der Waals surface area contributed by atoms with Crippen molar-refractivity contribution in [3.63, 3.8) is 0 Å².